The van der Waals surface area contributed by atoms with E-state index in [1.54, 1.807) is 0 Å². The van der Waals surface area contributed by atoms with Crippen molar-refractivity contribution in [3.63, 3.8) is 0 Å². The van der Waals surface area contributed by atoms with Crippen LogP contribution < -0.4 is 5.32 Å². The van der Waals surface area contributed by atoms with E-state index in [-0.39, 0.29) is 0 Å². The molecule has 1 aromatic heterocycles. The van der Waals surface area contributed by atoms with Crippen LogP contribution in [0.15, 0.2) is 11.4 Å². The number of carbonyl (C=O) groups excluding carboxylic acids is 1. The van der Waals surface area contributed by atoms with Crippen LogP contribution in [0.4, 0.5) is 0 Å². The van der Waals surface area contributed by atoms with Gasteiger partial charge in [0, 0.05) is 37.0 Å². The van der Waals surface area contributed by atoms with E-state index in [2.05, 4.69) is 16.8 Å². The molecule has 2 aliphatic rings. The zero-order chi connectivity index (χ0) is 11.7. The second-order valence-electron chi connectivity index (χ2n) is 4.91. The number of nitrogens with zero attached hydrogens (tertiary/aromatic N) is 1. The lowest BCUT2D eigenvalue weighted by molar-refractivity contribution is -0.132. The van der Waals surface area contributed by atoms with Crippen LogP contribution in [-0.4, -0.2) is 29.9 Å². The number of thiophene rings is 1. The van der Waals surface area contributed by atoms with E-state index in [4.69, 9.17) is 0 Å². The summed E-state index contributed by atoms with van der Waals surface area (Å²) >= 11 is 1.82. The van der Waals surface area contributed by atoms with Gasteiger partial charge >= 0.3 is 0 Å². The predicted octanol–water partition coefficient (Wildman–Crippen LogP) is 1.77. The van der Waals surface area contributed by atoms with Crippen molar-refractivity contribution in [1.29, 1.82) is 0 Å². The van der Waals surface area contributed by atoms with E-state index >= 15 is 0 Å². The highest BCUT2D eigenvalue weighted by atomic mass is 32.1. The summed E-state index contributed by atoms with van der Waals surface area (Å²) in [5.74, 6) is 0.301. The Bertz CT molecular complexity index is 411. The van der Waals surface area contributed by atoms with Crippen LogP contribution in [0.5, 0.6) is 0 Å². The Labute approximate surface area is 106 Å². The van der Waals surface area contributed by atoms with Gasteiger partial charge in [-0.15, -0.1) is 11.3 Å². The highest BCUT2D eigenvalue weighted by Crippen LogP contribution is 2.24. The molecule has 0 aromatic carbocycles. The van der Waals surface area contributed by atoms with Gasteiger partial charge in [0.1, 0.15) is 0 Å². The van der Waals surface area contributed by atoms with E-state index in [0.29, 0.717) is 18.4 Å². The van der Waals surface area contributed by atoms with Gasteiger partial charge in [-0.05, 0) is 36.3 Å². The number of carbonyl (C=O) groups is 1. The number of rotatable bonds is 4. The van der Waals surface area contributed by atoms with E-state index in [1.165, 1.54) is 23.3 Å². The number of amides is 1. The van der Waals surface area contributed by atoms with E-state index in [0.717, 1.165) is 26.1 Å². The lowest BCUT2D eigenvalue weighted by Gasteiger charge is -2.27. The van der Waals surface area contributed by atoms with Crippen LogP contribution in [0, 0.1) is 0 Å². The minimum Gasteiger partial charge on any atom is -0.338 e. The number of hydrogen-bond donors (Lipinski definition) is 1. The molecule has 0 saturated heterocycles. The van der Waals surface area contributed by atoms with Gasteiger partial charge in [-0.2, -0.15) is 0 Å². The van der Waals surface area contributed by atoms with Gasteiger partial charge in [-0.1, -0.05) is 0 Å². The third-order valence-corrected chi connectivity index (χ3v) is 4.53. The van der Waals surface area contributed by atoms with Gasteiger partial charge in [0.25, 0.3) is 0 Å². The zero-order valence-electron chi connectivity index (χ0n) is 9.95. The van der Waals surface area contributed by atoms with Gasteiger partial charge in [0.05, 0.1) is 0 Å². The molecule has 1 amide bonds. The molecule has 17 heavy (non-hydrogen) atoms. The molecule has 1 aliphatic heterocycles. The van der Waals surface area contributed by atoms with Crippen molar-refractivity contribution in [2.75, 3.05) is 13.1 Å². The van der Waals surface area contributed by atoms with Crippen molar-refractivity contribution in [2.45, 2.75) is 38.3 Å². The van der Waals surface area contributed by atoms with Gasteiger partial charge in [0.2, 0.25) is 5.91 Å². The average molecular weight is 250 g/mol. The van der Waals surface area contributed by atoms with Crippen LogP contribution >= 0.6 is 11.3 Å². The Hall–Kier alpha value is -0.870. The van der Waals surface area contributed by atoms with Crippen LogP contribution in [0.1, 0.15) is 29.7 Å². The van der Waals surface area contributed by atoms with Gasteiger partial charge in [-0.25, -0.2) is 0 Å². The standard InChI is InChI=1S/C13H18N2OS/c16-13(3-6-14-11-1-2-11)15-7-4-12-10(9-15)5-8-17-12/h5,8,11,14H,1-4,6-7,9H2. The second-order valence-corrected chi connectivity index (χ2v) is 5.91. The van der Waals surface area contributed by atoms with E-state index in [1.807, 2.05) is 16.2 Å². The lowest BCUT2D eigenvalue weighted by Crippen LogP contribution is -2.37. The smallest absolute Gasteiger partial charge is 0.224 e. The molecule has 0 unspecified atom stereocenters. The third-order valence-electron chi connectivity index (χ3n) is 3.51. The van der Waals surface area contributed by atoms with E-state index in [9.17, 15) is 4.79 Å². The first-order chi connectivity index (χ1) is 8.33. The SMILES string of the molecule is O=C(CCNC1CC1)N1CCc2sccc2C1. The first-order valence-corrected chi connectivity index (χ1v) is 7.27. The van der Waals surface area contributed by atoms with Crippen LogP contribution in [0.2, 0.25) is 0 Å². The molecular formula is C13H18N2OS. The molecule has 0 bridgehead atoms. The van der Waals surface area contributed by atoms with Crippen molar-refractivity contribution < 1.29 is 4.79 Å². The Morgan fingerprint density at radius 2 is 2.41 bits per heavy atom. The lowest BCUT2D eigenvalue weighted by atomic mass is 10.1. The maximum Gasteiger partial charge on any atom is 0.224 e. The van der Waals surface area contributed by atoms with Crippen molar-refractivity contribution >= 4 is 17.2 Å². The molecular weight excluding hydrogens is 232 g/mol. The Balaban J connectivity index is 1.49. The van der Waals surface area contributed by atoms with Crippen LogP contribution in [-0.2, 0) is 17.8 Å². The largest absolute Gasteiger partial charge is 0.338 e. The molecule has 92 valence electrons. The van der Waals surface area contributed by atoms with Crippen molar-refractivity contribution in [3.8, 4) is 0 Å². The molecule has 3 rings (SSSR count). The van der Waals surface area contributed by atoms with Gasteiger partial charge in [0.15, 0.2) is 0 Å². The summed E-state index contributed by atoms with van der Waals surface area (Å²) in [7, 11) is 0. The molecule has 3 nitrogen and oxygen atoms in total. The molecule has 0 atom stereocenters. The number of nitrogens with one attached hydrogen (secondary N) is 1. The van der Waals surface area contributed by atoms with Gasteiger partial charge < -0.3 is 10.2 Å². The predicted molar refractivity (Wildman–Crippen MR) is 69.1 cm³/mol. The minimum atomic E-state index is 0.301. The normalized spacial score (nSPS) is 19.2. The number of fused-ring (bicyclic) bond motifs is 1. The summed E-state index contributed by atoms with van der Waals surface area (Å²) < 4.78 is 0. The topological polar surface area (TPSA) is 32.3 Å². The first-order valence-electron chi connectivity index (χ1n) is 6.39. The van der Waals surface area contributed by atoms with Crippen molar-refractivity contribution in [3.05, 3.63) is 21.9 Å². The Morgan fingerprint density at radius 1 is 1.53 bits per heavy atom. The molecule has 1 N–H and O–H groups in total. The first kappa shape index (κ1) is 11.2. The molecule has 0 spiro atoms. The van der Waals surface area contributed by atoms with Crippen LogP contribution in [0.25, 0.3) is 0 Å². The van der Waals surface area contributed by atoms with E-state index < -0.39 is 0 Å². The highest BCUT2D eigenvalue weighted by molar-refractivity contribution is 7.10. The molecule has 1 aliphatic carbocycles. The zero-order valence-corrected chi connectivity index (χ0v) is 10.8. The third kappa shape index (κ3) is 2.69. The molecule has 0 radical (unpaired) electrons. The summed E-state index contributed by atoms with van der Waals surface area (Å²) in [6, 6.07) is 2.86. The van der Waals surface area contributed by atoms with Crippen LogP contribution in [0.3, 0.4) is 0 Å². The number of hydrogen-bond acceptors (Lipinski definition) is 3. The second kappa shape index (κ2) is 4.78. The highest BCUT2D eigenvalue weighted by Gasteiger charge is 2.23. The molecule has 2 heterocycles. The molecule has 1 aromatic rings. The Kier molecular flexibility index (Phi) is 3.16. The molecule has 4 heteroatoms. The summed E-state index contributed by atoms with van der Waals surface area (Å²) in [5, 5.41) is 5.53. The van der Waals surface area contributed by atoms with Gasteiger partial charge in [-0.3, -0.25) is 4.79 Å². The molecule has 1 saturated carbocycles. The summed E-state index contributed by atoms with van der Waals surface area (Å²) in [6.07, 6.45) is 4.26. The quantitative estimate of drug-likeness (QED) is 0.883. The minimum absolute atomic E-state index is 0.301. The van der Waals surface area contributed by atoms with Crippen molar-refractivity contribution in [2.24, 2.45) is 0 Å². The maximum atomic E-state index is 12.0. The summed E-state index contributed by atoms with van der Waals surface area (Å²) in [4.78, 5) is 15.5. The average Bonchev–Trinajstić information content (AvgIpc) is 3.04. The molecule has 1 fully saturated rings. The Morgan fingerprint density at radius 3 is 3.24 bits per heavy atom. The maximum absolute atomic E-state index is 12.0. The fourth-order valence-corrected chi connectivity index (χ4v) is 3.18. The fourth-order valence-electron chi connectivity index (χ4n) is 2.29. The van der Waals surface area contributed by atoms with Crippen molar-refractivity contribution in [1.82, 2.24) is 10.2 Å². The summed E-state index contributed by atoms with van der Waals surface area (Å²) in [5.41, 5.74) is 1.35. The monoisotopic (exact) mass is 250 g/mol. The fraction of sp³-hybridized carbons (Fsp3) is 0.615. The summed E-state index contributed by atoms with van der Waals surface area (Å²) in [6.45, 7) is 2.56.